The van der Waals surface area contributed by atoms with Crippen LogP contribution in [0.5, 0.6) is 0 Å². The molecule has 2 aromatic rings. The summed E-state index contributed by atoms with van der Waals surface area (Å²) in [5.74, 6) is -0.211. The number of aromatic nitrogens is 2. The van der Waals surface area contributed by atoms with E-state index in [1.807, 2.05) is 0 Å². The van der Waals surface area contributed by atoms with Gasteiger partial charge in [0.25, 0.3) is 5.91 Å². The first-order valence-electron chi connectivity index (χ1n) is 5.12. The van der Waals surface area contributed by atoms with E-state index in [2.05, 4.69) is 5.10 Å². The van der Waals surface area contributed by atoms with E-state index >= 15 is 0 Å². The van der Waals surface area contributed by atoms with E-state index < -0.39 is 0 Å². The molecule has 2 rings (SSSR count). The maximum Gasteiger partial charge on any atom is 0.278 e. The lowest BCUT2D eigenvalue weighted by Gasteiger charge is -2.03. The molecule has 4 nitrogen and oxygen atoms in total. The molecule has 0 spiro atoms. The predicted octanol–water partition coefficient (Wildman–Crippen LogP) is 2.42. The van der Waals surface area contributed by atoms with Gasteiger partial charge in [0.2, 0.25) is 0 Å². The van der Waals surface area contributed by atoms with Gasteiger partial charge in [0.05, 0.1) is 16.4 Å². The van der Waals surface area contributed by atoms with Crippen molar-refractivity contribution in [1.29, 1.82) is 0 Å². The van der Waals surface area contributed by atoms with Crippen molar-refractivity contribution in [2.45, 2.75) is 13.8 Å². The highest BCUT2D eigenvalue weighted by molar-refractivity contribution is 6.32. The van der Waals surface area contributed by atoms with Gasteiger partial charge in [0, 0.05) is 11.3 Å². The van der Waals surface area contributed by atoms with E-state index in [4.69, 9.17) is 17.3 Å². The molecule has 5 heteroatoms. The zero-order valence-corrected chi connectivity index (χ0v) is 10.3. The number of nitrogen functional groups attached to an aromatic ring is 1. The van der Waals surface area contributed by atoms with Gasteiger partial charge in [-0.15, -0.1) is 0 Å². The molecule has 17 heavy (non-hydrogen) atoms. The van der Waals surface area contributed by atoms with Gasteiger partial charge < -0.3 is 5.73 Å². The molecule has 88 valence electrons. The molecule has 1 aromatic carbocycles. The summed E-state index contributed by atoms with van der Waals surface area (Å²) in [6.45, 7) is 3.53. The molecule has 0 atom stereocenters. The van der Waals surface area contributed by atoms with Crippen molar-refractivity contribution in [2.75, 3.05) is 5.73 Å². The van der Waals surface area contributed by atoms with Crippen LogP contribution in [0.25, 0.3) is 0 Å². The van der Waals surface area contributed by atoms with E-state index in [9.17, 15) is 4.79 Å². The second kappa shape index (κ2) is 4.22. The Morgan fingerprint density at radius 2 is 1.88 bits per heavy atom. The van der Waals surface area contributed by atoms with Gasteiger partial charge in [-0.2, -0.15) is 9.78 Å². The number of anilines is 1. The van der Waals surface area contributed by atoms with E-state index in [1.165, 1.54) is 4.68 Å². The standard InChI is InChI=1S/C12H12ClN3O/c1-7-11(13)8(2)16(15-7)12(17)9-3-5-10(14)6-4-9/h3-6H,14H2,1-2H3. The number of nitrogens with two attached hydrogens (primary N) is 1. The lowest BCUT2D eigenvalue weighted by Crippen LogP contribution is -2.15. The number of hydrogen-bond acceptors (Lipinski definition) is 3. The second-order valence-corrected chi connectivity index (χ2v) is 4.20. The summed E-state index contributed by atoms with van der Waals surface area (Å²) in [6, 6.07) is 6.70. The van der Waals surface area contributed by atoms with Crippen LogP contribution in [0, 0.1) is 13.8 Å². The van der Waals surface area contributed by atoms with Crippen molar-refractivity contribution >= 4 is 23.2 Å². The molecule has 0 aliphatic carbocycles. The van der Waals surface area contributed by atoms with Crippen molar-refractivity contribution in [1.82, 2.24) is 9.78 Å². The Hall–Kier alpha value is -1.81. The third kappa shape index (κ3) is 2.03. The van der Waals surface area contributed by atoms with E-state index in [0.29, 0.717) is 27.7 Å². The molecule has 0 bridgehead atoms. The molecule has 0 unspecified atom stereocenters. The van der Waals surface area contributed by atoms with Crippen LogP contribution in [0.2, 0.25) is 5.02 Å². The fraction of sp³-hybridized carbons (Fsp3) is 0.167. The van der Waals surface area contributed by atoms with Gasteiger partial charge in [-0.1, -0.05) is 11.6 Å². The minimum Gasteiger partial charge on any atom is -0.399 e. The normalized spacial score (nSPS) is 10.5. The van der Waals surface area contributed by atoms with E-state index in [0.717, 1.165) is 0 Å². The van der Waals surface area contributed by atoms with Gasteiger partial charge in [-0.25, -0.2) is 0 Å². The number of nitrogens with zero attached hydrogens (tertiary/aromatic N) is 2. The SMILES string of the molecule is Cc1nn(C(=O)c2ccc(N)cc2)c(C)c1Cl. The molecule has 0 fully saturated rings. The quantitative estimate of drug-likeness (QED) is 0.790. The smallest absolute Gasteiger partial charge is 0.278 e. The van der Waals surface area contributed by atoms with Crippen LogP contribution in [0.4, 0.5) is 5.69 Å². The Bertz CT molecular complexity index is 572. The first-order valence-corrected chi connectivity index (χ1v) is 5.50. The van der Waals surface area contributed by atoms with Gasteiger partial charge >= 0.3 is 0 Å². The van der Waals surface area contributed by atoms with Crippen LogP contribution >= 0.6 is 11.6 Å². The molecule has 0 amide bonds. The number of halogens is 1. The fourth-order valence-electron chi connectivity index (χ4n) is 1.57. The van der Waals surface area contributed by atoms with E-state index in [1.54, 1.807) is 38.1 Å². The Morgan fingerprint density at radius 1 is 1.29 bits per heavy atom. The molecule has 0 aliphatic rings. The van der Waals surface area contributed by atoms with Crippen molar-refractivity contribution < 1.29 is 4.79 Å². The third-order valence-corrected chi connectivity index (χ3v) is 3.10. The van der Waals surface area contributed by atoms with Crippen LogP contribution in [-0.4, -0.2) is 15.7 Å². The van der Waals surface area contributed by atoms with Crippen LogP contribution in [0.15, 0.2) is 24.3 Å². The Balaban J connectivity index is 2.44. The first kappa shape index (κ1) is 11.7. The summed E-state index contributed by atoms with van der Waals surface area (Å²) in [4.78, 5) is 12.1. The second-order valence-electron chi connectivity index (χ2n) is 3.82. The zero-order chi connectivity index (χ0) is 12.6. The zero-order valence-electron chi connectivity index (χ0n) is 9.57. The summed E-state index contributed by atoms with van der Waals surface area (Å²) >= 11 is 6.00. The number of carbonyl (C=O) groups is 1. The average molecular weight is 250 g/mol. The lowest BCUT2D eigenvalue weighted by molar-refractivity contribution is 0.0942. The predicted molar refractivity (Wildman–Crippen MR) is 67.3 cm³/mol. The van der Waals surface area contributed by atoms with Gasteiger partial charge in [0.1, 0.15) is 0 Å². The Kier molecular flexibility index (Phi) is 2.90. The fourth-order valence-corrected chi connectivity index (χ4v) is 1.69. The molecule has 0 aliphatic heterocycles. The Morgan fingerprint density at radius 3 is 2.35 bits per heavy atom. The molecule has 0 saturated carbocycles. The summed E-state index contributed by atoms with van der Waals surface area (Å²) in [6.07, 6.45) is 0. The molecule has 1 heterocycles. The monoisotopic (exact) mass is 249 g/mol. The maximum absolute atomic E-state index is 12.1. The van der Waals surface area contributed by atoms with Crippen LogP contribution in [-0.2, 0) is 0 Å². The van der Waals surface area contributed by atoms with Crippen molar-refractivity contribution in [3.63, 3.8) is 0 Å². The number of rotatable bonds is 1. The minimum absolute atomic E-state index is 0.211. The van der Waals surface area contributed by atoms with Crippen molar-refractivity contribution in [2.24, 2.45) is 0 Å². The first-order chi connectivity index (χ1) is 8.00. The molecule has 1 aromatic heterocycles. The largest absolute Gasteiger partial charge is 0.399 e. The highest BCUT2D eigenvalue weighted by atomic mass is 35.5. The molecule has 0 radical (unpaired) electrons. The van der Waals surface area contributed by atoms with Crippen LogP contribution < -0.4 is 5.73 Å². The van der Waals surface area contributed by atoms with Crippen molar-refractivity contribution in [3.8, 4) is 0 Å². The molecular formula is C12H12ClN3O. The molecule has 2 N–H and O–H groups in total. The summed E-state index contributed by atoms with van der Waals surface area (Å²) in [5.41, 5.74) is 8.01. The van der Waals surface area contributed by atoms with Gasteiger partial charge in [-0.3, -0.25) is 4.79 Å². The number of benzene rings is 1. The summed E-state index contributed by atoms with van der Waals surface area (Å²) < 4.78 is 1.31. The summed E-state index contributed by atoms with van der Waals surface area (Å²) in [7, 11) is 0. The van der Waals surface area contributed by atoms with Gasteiger partial charge in [0.15, 0.2) is 0 Å². The maximum atomic E-state index is 12.1. The molecular weight excluding hydrogens is 238 g/mol. The Labute approximate surface area is 104 Å². The van der Waals surface area contributed by atoms with E-state index in [-0.39, 0.29) is 5.91 Å². The number of aryl methyl sites for hydroxylation is 1. The highest BCUT2D eigenvalue weighted by Gasteiger charge is 2.16. The number of hydrogen-bond donors (Lipinski definition) is 1. The topological polar surface area (TPSA) is 60.9 Å². The van der Waals surface area contributed by atoms with Crippen LogP contribution in [0.1, 0.15) is 21.7 Å². The summed E-state index contributed by atoms with van der Waals surface area (Å²) in [5, 5.41) is 4.63. The van der Waals surface area contributed by atoms with Crippen molar-refractivity contribution in [3.05, 3.63) is 46.2 Å². The number of carbonyl (C=O) groups excluding carboxylic acids is 1. The van der Waals surface area contributed by atoms with Gasteiger partial charge in [-0.05, 0) is 38.1 Å². The minimum atomic E-state index is -0.211. The van der Waals surface area contributed by atoms with Crippen LogP contribution in [0.3, 0.4) is 0 Å². The third-order valence-electron chi connectivity index (χ3n) is 2.55. The average Bonchev–Trinajstić information content (AvgIpc) is 2.57. The highest BCUT2D eigenvalue weighted by Crippen LogP contribution is 2.20. The molecule has 0 saturated heterocycles. The lowest BCUT2D eigenvalue weighted by atomic mass is 10.2.